The van der Waals surface area contributed by atoms with E-state index >= 15 is 0 Å². The number of amides is 1. The zero-order chi connectivity index (χ0) is 10.8. The maximum atomic E-state index is 11.1. The van der Waals surface area contributed by atoms with E-state index in [0.29, 0.717) is 0 Å². The topological polar surface area (TPSA) is 83.5 Å². The molecule has 0 aromatic carbocycles. The standard InChI is InChI=1S/C7H12ClNO4S/c8-2-1-7(11)9-5-3-14(12,13)4-6(5)10/h5-6,10H,1-4H2,(H,9,11). The Morgan fingerprint density at radius 1 is 1.50 bits per heavy atom. The van der Waals surface area contributed by atoms with Gasteiger partial charge in [-0.3, -0.25) is 4.79 Å². The zero-order valence-corrected chi connectivity index (χ0v) is 9.01. The summed E-state index contributed by atoms with van der Waals surface area (Å²) < 4.78 is 22.1. The molecule has 2 N–H and O–H groups in total. The molecule has 5 nitrogen and oxygen atoms in total. The van der Waals surface area contributed by atoms with Gasteiger partial charge in [-0.15, -0.1) is 11.6 Å². The van der Waals surface area contributed by atoms with E-state index in [1.54, 1.807) is 0 Å². The molecule has 1 fully saturated rings. The number of rotatable bonds is 3. The molecule has 0 aromatic heterocycles. The van der Waals surface area contributed by atoms with E-state index < -0.39 is 22.0 Å². The van der Waals surface area contributed by atoms with Gasteiger partial charge in [0.15, 0.2) is 9.84 Å². The lowest BCUT2D eigenvalue weighted by molar-refractivity contribution is -0.121. The highest BCUT2D eigenvalue weighted by atomic mass is 35.5. The lowest BCUT2D eigenvalue weighted by Crippen LogP contribution is -2.42. The van der Waals surface area contributed by atoms with Crippen molar-refractivity contribution in [3.63, 3.8) is 0 Å². The van der Waals surface area contributed by atoms with Gasteiger partial charge in [0.05, 0.1) is 23.7 Å². The monoisotopic (exact) mass is 241 g/mol. The second-order valence-electron chi connectivity index (χ2n) is 3.26. The Balaban J connectivity index is 2.51. The van der Waals surface area contributed by atoms with Gasteiger partial charge in [-0.2, -0.15) is 0 Å². The van der Waals surface area contributed by atoms with E-state index in [2.05, 4.69) is 5.32 Å². The van der Waals surface area contributed by atoms with Crippen LogP contribution in [0.2, 0.25) is 0 Å². The van der Waals surface area contributed by atoms with Crippen LogP contribution in [0, 0.1) is 0 Å². The van der Waals surface area contributed by atoms with Gasteiger partial charge < -0.3 is 10.4 Å². The average molecular weight is 242 g/mol. The van der Waals surface area contributed by atoms with Gasteiger partial charge in [0.25, 0.3) is 0 Å². The van der Waals surface area contributed by atoms with E-state index in [1.807, 2.05) is 0 Å². The molecule has 1 rings (SSSR count). The summed E-state index contributed by atoms with van der Waals surface area (Å²) >= 11 is 5.33. The third kappa shape index (κ3) is 3.11. The summed E-state index contributed by atoms with van der Waals surface area (Å²) in [6, 6.07) is -0.685. The van der Waals surface area contributed by atoms with Crippen molar-refractivity contribution in [3.8, 4) is 0 Å². The van der Waals surface area contributed by atoms with Crippen LogP contribution in [-0.2, 0) is 14.6 Å². The van der Waals surface area contributed by atoms with Crippen LogP contribution in [0.4, 0.5) is 0 Å². The molecule has 0 bridgehead atoms. The Labute approximate surface area is 87.4 Å². The summed E-state index contributed by atoms with van der Waals surface area (Å²) in [6.07, 6.45) is -0.871. The molecular formula is C7H12ClNO4S. The van der Waals surface area contributed by atoms with Crippen LogP contribution in [0.15, 0.2) is 0 Å². The van der Waals surface area contributed by atoms with Crippen molar-refractivity contribution in [1.82, 2.24) is 5.32 Å². The maximum absolute atomic E-state index is 11.1. The molecule has 1 aliphatic rings. The normalized spacial score (nSPS) is 30.1. The smallest absolute Gasteiger partial charge is 0.221 e. The van der Waals surface area contributed by atoms with Gasteiger partial charge in [0.2, 0.25) is 5.91 Å². The van der Waals surface area contributed by atoms with Gasteiger partial charge in [-0.25, -0.2) is 8.42 Å². The number of alkyl halides is 1. The van der Waals surface area contributed by atoms with Crippen LogP contribution in [0.3, 0.4) is 0 Å². The molecule has 1 heterocycles. The van der Waals surface area contributed by atoms with Crippen LogP contribution in [0.5, 0.6) is 0 Å². The van der Waals surface area contributed by atoms with E-state index in [0.717, 1.165) is 0 Å². The molecule has 14 heavy (non-hydrogen) atoms. The maximum Gasteiger partial charge on any atom is 0.221 e. The summed E-state index contributed by atoms with van der Waals surface area (Å²) in [5.74, 6) is -0.622. The minimum atomic E-state index is -3.20. The number of sulfone groups is 1. The Bertz CT molecular complexity index is 316. The molecule has 2 unspecified atom stereocenters. The summed E-state index contributed by atoms with van der Waals surface area (Å²) in [7, 11) is -3.20. The van der Waals surface area contributed by atoms with Crippen LogP contribution < -0.4 is 5.32 Å². The third-order valence-corrected chi connectivity index (χ3v) is 3.90. The molecule has 7 heteroatoms. The highest BCUT2D eigenvalue weighted by Gasteiger charge is 2.36. The van der Waals surface area contributed by atoms with E-state index in [1.165, 1.54) is 0 Å². The lowest BCUT2D eigenvalue weighted by atomic mass is 10.2. The quantitative estimate of drug-likeness (QED) is 0.614. The van der Waals surface area contributed by atoms with Crippen molar-refractivity contribution < 1.29 is 18.3 Å². The summed E-state index contributed by atoms with van der Waals surface area (Å²) in [5.41, 5.74) is 0. The summed E-state index contributed by atoms with van der Waals surface area (Å²) in [4.78, 5) is 11.1. The van der Waals surface area contributed by atoms with Crippen LogP contribution >= 0.6 is 11.6 Å². The second kappa shape index (κ2) is 4.46. The summed E-state index contributed by atoms with van der Waals surface area (Å²) in [5, 5.41) is 11.7. The molecular weight excluding hydrogens is 230 g/mol. The first-order valence-electron chi connectivity index (χ1n) is 4.18. The van der Waals surface area contributed by atoms with Crippen molar-refractivity contribution in [2.24, 2.45) is 0 Å². The number of halogens is 1. The molecule has 0 aromatic rings. The Morgan fingerprint density at radius 2 is 2.14 bits per heavy atom. The Hall–Kier alpha value is -0.330. The molecule has 0 radical (unpaired) electrons. The molecule has 2 atom stereocenters. The number of hydrogen-bond acceptors (Lipinski definition) is 4. The largest absolute Gasteiger partial charge is 0.390 e. The fourth-order valence-corrected chi connectivity index (χ4v) is 3.24. The SMILES string of the molecule is O=C(CCCl)NC1CS(=O)(=O)CC1O. The zero-order valence-electron chi connectivity index (χ0n) is 7.44. The van der Waals surface area contributed by atoms with Crippen molar-refractivity contribution >= 4 is 27.3 Å². The highest BCUT2D eigenvalue weighted by Crippen LogP contribution is 2.12. The highest BCUT2D eigenvalue weighted by molar-refractivity contribution is 7.91. The van der Waals surface area contributed by atoms with Gasteiger partial charge in [0, 0.05) is 12.3 Å². The lowest BCUT2D eigenvalue weighted by Gasteiger charge is -2.13. The van der Waals surface area contributed by atoms with E-state index in [-0.39, 0.29) is 29.7 Å². The molecule has 0 saturated carbocycles. The minimum absolute atomic E-state index is 0.130. The van der Waals surface area contributed by atoms with E-state index in [4.69, 9.17) is 11.6 Å². The minimum Gasteiger partial charge on any atom is -0.390 e. The molecule has 0 spiro atoms. The fourth-order valence-electron chi connectivity index (χ4n) is 1.33. The number of nitrogens with one attached hydrogen (secondary N) is 1. The van der Waals surface area contributed by atoms with Gasteiger partial charge in [-0.05, 0) is 0 Å². The average Bonchev–Trinajstić information content (AvgIpc) is 2.25. The Kier molecular flexibility index (Phi) is 3.74. The molecule has 0 aliphatic carbocycles. The molecule has 82 valence electrons. The second-order valence-corrected chi connectivity index (χ2v) is 5.79. The van der Waals surface area contributed by atoms with Crippen LogP contribution in [0.25, 0.3) is 0 Å². The van der Waals surface area contributed by atoms with Crippen molar-refractivity contribution in [2.45, 2.75) is 18.6 Å². The van der Waals surface area contributed by atoms with Crippen molar-refractivity contribution in [2.75, 3.05) is 17.4 Å². The van der Waals surface area contributed by atoms with Gasteiger partial charge in [-0.1, -0.05) is 0 Å². The third-order valence-electron chi connectivity index (χ3n) is 1.99. The molecule has 1 amide bonds. The Morgan fingerprint density at radius 3 is 2.57 bits per heavy atom. The van der Waals surface area contributed by atoms with Crippen molar-refractivity contribution in [1.29, 1.82) is 0 Å². The van der Waals surface area contributed by atoms with Gasteiger partial charge in [0.1, 0.15) is 0 Å². The fraction of sp³-hybridized carbons (Fsp3) is 0.857. The first-order chi connectivity index (χ1) is 6.44. The first-order valence-corrected chi connectivity index (χ1v) is 6.54. The van der Waals surface area contributed by atoms with Crippen LogP contribution in [-0.4, -0.2) is 49.0 Å². The first kappa shape index (κ1) is 11.7. The predicted molar refractivity (Wildman–Crippen MR) is 51.9 cm³/mol. The number of aliphatic hydroxyl groups excluding tert-OH is 1. The molecule has 1 saturated heterocycles. The number of carbonyl (C=O) groups excluding carboxylic acids is 1. The molecule has 1 aliphatic heterocycles. The van der Waals surface area contributed by atoms with E-state index in [9.17, 15) is 18.3 Å². The number of hydrogen-bond donors (Lipinski definition) is 2. The van der Waals surface area contributed by atoms with Gasteiger partial charge >= 0.3 is 0 Å². The number of aliphatic hydroxyl groups is 1. The van der Waals surface area contributed by atoms with Crippen molar-refractivity contribution in [3.05, 3.63) is 0 Å². The summed E-state index contributed by atoms with van der Waals surface area (Å²) in [6.45, 7) is 0. The predicted octanol–water partition coefficient (Wildman–Crippen LogP) is -1.11. The number of carbonyl (C=O) groups is 1. The van der Waals surface area contributed by atoms with Crippen LogP contribution in [0.1, 0.15) is 6.42 Å².